The molecule has 2 aromatic carbocycles. The van der Waals surface area contributed by atoms with Crippen LogP contribution >= 0.6 is 0 Å². The molecule has 1 atom stereocenters. The van der Waals surface area contributed by atoms with Crippen molar-refractivity contribution in [1.29, 1.82) is 0 Å². The van der Waals surface area contributed by atoms with Crippen LogP contribution < -0.4 is 4.74 Å². The number of ether oxygens (including phenoxy) is 1. The number of phenols is 1. The smallest absolute Gasteiger partial charge is 0.211 e. The minimum atomic E-state index is -0.581. The Morgan fingerprint density at radius 3 is 2.48 bits per heavy atom. The van der Waals surface area contributed by atoms with E-state index in [1.165, 1.54) is 31.4 Å². The van der Waals surface area contributed by atoms with E-state index in [1.54, 1.807) is 24.3 Å². The monoisotopic (exact) mass is 315 g/mol. The summed E-state index contributed by atoms with van der Waals surface area (Å²) in [5.41, 5.74) is 1.05. The topological polar surface area (TPSA) is 89.7 Å². The van der Waals surface area contributed by atoms with E-state index in [0.717, 1.165) is 0 Å². The fourth-order valence-corrected chi connectivity index (χ4v) is 2.45. The lowest BCUT2D eigenvalue weighted by Gasteiger charge is -2.16. The van der Waals surface area contributed by atoms with Gasteiger partial charge in [0.2, 0.25) is 6.54 Å². The molecule has 1 unspecified atom stereocenters. The summed E-state index contributed by atoms with van der Waals surface area (Å²) in [4.78, 5) is 22.9. The average molecular weight is 315 g/mol. The number of rotatable bonds is 7. The Morgan fingerprint density at radius 1 is 1.22 bits per heavy atom. The normalized spacial score (nSPS) is 11.7. The predicted octanol–water partition coefficient (Wildman–Crippen LogP) is 3.03. The quantitative estimate of drug-likeness (QED) is 0.482. The van der Waals surface area contributed by atoms with Crippen molar-refractivity contribution < 1.29 is 19.6 Å². The minimum Gasteiger partial charge on any atom is -0.508 e. The van der Waals surface area contributed by atoms with Gasteiger partial charge in [0.15, 0.2) is 5.78 Å². The molecule has 2 aromatic rings. The van der Waals surface area contributed by atoms with Gasteiger partial charge in [-0.1, -0.05) is 18.2 Å². The van der Waals surface area contributed by atoms with Crippen LogP contribution in [0.3, 0.4) is 0 Å². The van der Waals surface area contributed by atoms with Crippen molar-refractivity contribution in [3.05, 3.63) is 69.8 Å². The van der Waals surface area contributed by atoms with E-state index in [4.69, 9.17) is 4.74 Å². The lowest BCUT2D eigenvalue weighted by atomic mass is 9.91. The number of aromatic hydroxyl groups is 1. The zero-order valence-corrected chi connectivity index (χ0v) is 12.6. The number of nitro groups is 1. The van der Waals surface area contributed by atoms with Crippen LogP contribution in [0.15, 0.2) is 48.5 Å². The standard InChI is InChI=1S/C17H17NO5/c1-23-17-5-3-2-4-15(17)13(11-18(21)22)10-16(20)12-6-8-14(19)9-7-12/h2-9,13,19H,10-11H2,1H3. The van der Waals surface area contributed by atoms with Gasteiger partial charge in [0.25, 0.3) is 0 Å². The van der Waals surface area contributed by atoms with Gasteiger partial charge >= 0.3 is 0 Å². The van der Waals surface area contributed by atoms with Crippen LogP contribution in [0.4, 0.5) is 0 Å². The first-order valence-corrected chi connectivity index (χ1v) is 7.08. The van der Waals surface area contributed by atoms with E-state index in [2.05, 4.69) is 0 Å². The maximum Gasteiger partial charge on any atom is 0.211 e. The predicted molar refractivity (Wildman–Crippen MR) is 84.7 cm³/mol. The molecular weight excluding hydrogens is 298 g/mol. The third-order valence-corrected chi connectivity index (χ3v) is 3.57. The van der Waals surface area contributed by atoms with Gasteiger partial charge in [-0.3, -0.25) is 14.9 Å². The zero-order chi connectivity index (χ0) is 16.8. The highest BCUT2D eigenvalue weighted by atomic mass is 16.6. The van der Waals surface area contributed by atoms with Crippen LogP contribution in [0.5, 0.6) is 11.5 Å². The van der Waals surface area contributed by atoms with Gasteiger partial charge in [0.1, 0.15) is 11.5 Å². The summed E-state index contributed by atoms with van der Waals surface area (Å²) in [6, 6.07) is 12.8. The second-order valence-electron chi connectivity index (χ2n) is 5.13. The van der Waals surface area contributed by atoms with Crippen LogP contribution in [0.25, 0.3) is 0 Å². The molecule has 0 heterocycles. The number of phenolic OH excluding ortho intramolecular Hbond substituents is 1. The SMILES string of the molecule is COc1ccccc1C(CC(=O)c1ccc(O)cc1)C[N+](=O)[O-]. The number of Topliss-reactive ketones (excluding diaryl/α,β-unsaturated/α-hetero) is 1. The molecule has 0 aliphatic heterocycles. The largest absolute Gasteiger partial charge is 0.508 e. The highest BCUT2D eigenvalue weighted by Crippen LogP contribution is 2.30. The van der Waals surface area contributed by atoms with E-state index in [9.17, 15) is 20.0 Å². The molecule has 120 valence electrons. The molecule has 0 bridgehead atoms. The van der Waals surface area contributed by atoms with Gasteiger partial charge in [0.05, 0.1) is 13.0 Å². The van der Waals surface area contributed by atoms with Gasteiger partial charge in [-0.25, -0.2) is 0 Å². The Balaban J connectivity index is 2.26. The van der Waals surface area contributed by atoms with Gasteiger partial charge in [-0.05, 0) is 30.3 Å². The molecular formula is C17H17NO5. The van der Waals surface area contributed by atoms with Crippen LogP contribution in [0, 0.1) is 10.1 Å². The summed E-state index contributed by atoms with van der Waals surface area (Å²) in [6.45, 7) is -0.357. The highest BCUT2D eigenvalue weighted by Gasteiger charge is 2.24. The first-order chi connectivity index (χ1) is 11.0. The van der Waals surface area contributed by atoms with Crippen LogP contribution in [-0.4, -0.2) is 29.5 Å². The number of carbonyl (C=O) groups is 1. The molecule has 2 rings (SSSR count). The molecule has 6 nitrogen and oxygen atoms in total. The number of para-hydroxylation sites is 1. The molecule has 0 amide bonds. The molecule has 0 aliphatic carbocycles. The van der Waals surface area contributed by atoms with Crippen LogP contribution in [0.1, 0.15) is 28.3 Å². The maximum atomic E-state index is 12.4. The second-order valence-corrected chi connectivity index (χ2v) is 5.13. The first kappa shape index (κ1) is 16.5. The van der Waals surface area contributed by atoms with E-state index >= 15 is 0 Å². The third kappa shape index (κ3) is 4.29. The van der Waals surface area contributed by atoms with E-state index < -0.39 is 10.8 Å². The fourth-order valence-electron chi connectivity index (χ4n) is 2.45. The molecule has 0 aliphatic rings. The fraction of sp³-hybridized carbons (Fsp3) is 0.235. The van der Waals surface area contributed by atoms with E-state index in [0.29, 0.717) is 16.9 Å². The Morgan fingerprint density at radius 2 is 1.87 bits per heavy atom. The highest BCUT2D eigenvalue weighted by molar-refractivity contribution is 5.96. The van der Waals surface area contributed by atoms with Crippen LogP contribution in [0.2, 0.25) is 0 Å². The Kier molecular flexibility index (Phi) is 5.30. The molecule has 0 saturated heterocycles. The number of ketones is 1. The zero-order valence-electron chi connectivity index (χ0n) is 12.6. The van der Waals surface area contributed by atoms with Crippen molar-refractivity contribution in [3.63, 3.8) is 0 Å². The second kappa shape index (κ2) is 7.40. The molecule has 0 saturated carbocycles. The molecule has 0 aromatic heterocycles. The molecule has 23 heavy (non-hydrogen) atoms. The lowest BCUT2D eigenvalue weighted by molar-refractivity contribution is -0.483. The molecule has 0 spiro atoms. The average Bonchev–Trinajstić information content (AvgIpc) is 2.54. The van der Waals surface area contributed by atoms with Crippen molar-refractivity contribution in [2.24, 2.45) is 0 Å². The van der Waals surface area contributed by atoms with Crippen molar-refractivity contribution >= 4 is 5.78 Å². The third-order valence-electron chi connectivity index (χ3n) is 3.57. The summed E-state index contributed by atoms with van der Waals surface area (Å²) < 4.78 is 5.24. The number of hydrogen-bond donors (Lipinski definition) is 1. The number of methoxy groups -OCH3 is 1. The van der Waals surface area contributed by atoms with Crippen molar-refractivity contribution in [2.45, 2.75) is 12.3 Å². The summed E-state index contributed by atoms with van der Waals surface area (Å²) in [5, 5.41) is 20.2. The Hall–Kier alpha value is -2.89. The van der Waals surface area contributed by atoms with E-state index in [-0.39, 0.29) is 24.5 Å². The van der Waals surface area contributed by atoms with Crippen LogP contribution in [-0.2, 0) is 0 Å². The lowest BCUT2D eigenvalue weighted by Crippen LogP contribution is -2.17. The summed E-state index contributed by atoms with van der Waals surface area (Å²) in [5.74, 6) is -0.212. The molecule has 1 N–H and O–H groups in total. The number of nitrogens with zero attached hydrogens (tertiary/aromatic N) is 1. The van der Waals surface area contributed by atoms with Crippen molar-refractivity contribution in [2.75, 3.05) is 13.7 Å². The van der Waals surface area contributed by atoms with Gasteiger partial charge in [-0.15, -0.1) is 0 Å². The van der Waals surface area contributed by atoms with Gasteiger partial charge < -0.3 is 9.84 Å². The summed E-state index contributed by atoms with van der Waals surface area (Å²) >= 11 is 0. The van der Waals surface area contributed by atoms with Gasteiger partial charge in [0, 0.05) is 22.5 Å². The molecule has 0 fully saturated rings. The molecule has 6 heteroatoms. The van der Waals surface area contributed by atoms with Gasteiger partial charge in [-0.2, -0.15) is 0 Å². The Labute approximate surface area is 133 Å². The number of hydrogen-bond acceptors (Lipinski definition) is 5. The maximum absolute atomic E-state index is 12.4. The molecule has 0 radical (unpaired) electrons. The summed E-state index contributed by atoms with van der Waals surface area (Å²) in [7, 11) is 1.49. The Bertz CT molecular complexity index is 696. The number of carbonyl (C=O) groups excluding carboxylic acids is 1. The first-order valence-electron chi connectivity index (χ1n) is 7.08. The van der Waals surface area contributed by atoms with Crippen molar-refractivity contribution in [3.8, 4) is 11.5 Å². The van der Waals surface area contributed by atoms with E-state index in [1.807, 2.05) is 0 Å². The number of benzene rings is 2. The minimum absolute atomic E-state index is 0.00781. The van der Waals surface area contributed by atoms with Crippen molar-refractivity contribution in [1.82, 2.24) is 0 Å². The summed E-state index contributed by atoms with van der Waals surface area (Å²) in [6.07, 6.45) is -0.00781.